The van der Waals surface area contributed by atoms with Crippen molar-refractivity contribution in [2.45, 2.75) is 26.8 Å². The molecule has 0 atom stereocenters. The van der Waals surface area contributed by atoms with Gasteiger partial charge in [0.05, 0.1) is 38.5 Å². The summed E-state index contributed by atoms with van der Waals surface area (Å²) >= 11 is 12.3. The Balaban J connectivity index is 2.07. The highest BCUT2D eigenvalue weighted by Gasteiger charge is 2.17. The van der Waals surface area contributed by atoms with E-state index in [1.165, 1.54) is 0 Å². The second-order valence-electron chi connectivity index (χ2n) is 6.40. The summed E-state index contributed by atoms with van der Waals surface area (Å²) in [6.07, 6.45) is 1.64. The Labute approximate surface area is 167 Å². The molecule has 0 fully saturated rings. The number of pyridine rings is 1. The first kappa shape index (κ1) is 19.3. The van der Waals surface area contributed by atoms with Crippen molar-refractivity contribution in [3.8, 4) is 0 Å². The summed E-state index contributed by atoms with van der Waals surface area (Å²) in [4.78, 5) is 17.2. The quantitative estimate of drug-likeness (QED) is 0.501. The second kappa shape index (κ2) is 8.03. The van der Waals surface area contributed by atoms with E-state index < -0.39 is 5.91 Å². The molecule has 0 spiro atoms. The second-order valence-corrected chi connectivity index (χ2v) is 7.21. The summed E-state index contributed by atoms with van der Waals surface area (Å²) in [6.45, 7) is 5.85. The van der Waals surface area contributed by atoms with Crippen molar-refractivity contribution >= 4 is 51.4 Å². The van der Waals surface area contributed by atoms with Crippen LogP contribution in [0.3, 0.4) is 0 Å². The zero-order chi connectivity index (χ0) is 19.6. The predicted octanol–water partition coefficient (Wildman–Crippen LogP) is 6.59. The Morgan fingerprint density at radius 2 is 1.85 bits per heavy atom. The molecule has 3 aromatic rings. The molecule has 0 bridgehead atoms. The Bertz CT molecular complexity index is 1030. The summed E-state index contributed by atoms with van der Waals surface area (Å²) in [7, 11) is 0. The molecule has 1 amide bonds. The van der Waals surface area contributed by atoms with Gasteiger partial charge in [0.15, 0.2) is 0 Å². The van der Waals surface area contributed by atoms with E-state index in [2.05, 4.69) is 20.5 Å². The van der Waals surface area contributed by atoms with Crippen molar-refractivity contribution in [3.63, 3.8) is 0 Å². The molecule has 0 unspecified atom stereocenters. The topological polar surface area (TPSA) is 66.7 Å². The van der Waals surface area contributed by atoms with E-state index in [0.717, 1.165) is 10.9 Å². The third-order valence-electron chi connectivity index (χ3n) is 3.80. The number of nitrogens with one attached hydrogen (secondary N) is 1. The van der Waals surface area contributed by atoms with Gasteiger partial charge >= 0.3 is 0 Å². The number of aromatic nitrogens is 1. The van der Waals surface area contributed by atoms with Gasteiger partial charge in [-0.15, -0.1) is 0 Å². The SMILES string of the molecule is Cc1cc(NC(=O)c2c(Cl)cccc2Cl)c2nccc(N=NC(C)C)c2c1. The third kappa shape index (κ3) is 4.26. The summed E-state index contributed by atoms with van der Waals surface area (Å²) in [5, 5.41) is 12.8. The average molecular weight is 401 g/mol. The molecule has 27 heavy (non-hydrogen) atoms. The third-order valence-corrected chi connectivity index (χ3v) is 4.43. The highest BCUT2D eigenvalue weighted by molar-refractivity contribution is 6.40. The minimum atomic E-state index is -0.395. The van der Waals surface area contributed by atoms with Crippen LogP contribution in [-0.2, 0) is 0 Å². The van der Waals surface area contributed by atoms with Gasteiger partial charge in [-0.3, -0.25) is 9.78 Å². The zero-order valence-electron chi connectivity index (χ0n) is 15.1. The highest BCUT2D eigenvalue weighted by Crippen LogP contribution is 2.32. The molecule has 0 aliphatic carbocycles. The molecule has 1 N–H and O–H groups in total. The number of anilines is 1. The van der Waals surface area contributed by atoms with Gasteiger partial charge in [-0.25, -0.2) is 0 Å². The minimum Gasteiger partial charge on any atom is -0.320 e. The number of aryl methyl sites for hydroxylation is 1. The van der Waals surface area contributed by atoms with E-state index in [9.17, 15) is 4.79 Å². The number of carbonyl (C=O) groups is 1. The van der Waals surface area contributed by atoms with Crippen molar-refractivity contribution < 1.29 is 4.79 Å². The standard InChI is InChI=1S/C20H18Cl2N4O/c1-11(2)25-26-16-7-8-23-19-13(16)9-12(3)10-17(19)24-20(27)18-14(21)5-4-6-15(18)22/h4-11H,1-3H3,(H,24,27). The van der Waals surface area contributed by atoms with Crippen molar-refractivity contribution in [2.24, 2.45) is 10.2 Å². The molecule has 3 rings (SSSR count). The van der Waals surface area contributed by atoms with E-state index in [1.807, 2.05) is 32.9 Å². The molecule has 0 saturated heterocycles. The number of hydrogen-bond acceptors (Lipinski definition) is 4. The van der Waals surface area contributed by atoms with Gasteiger partial charge in [0.2, 0.25) is 0 Å². The van der Waals surface area contributed by atoms with Crippen molar-refractivity contribution in [3.05, 3.63) is 63.8 Å². The van der Waals surface area contributed by atoms with Crippen molar-refractivity contribution in [1.82, 2.24) is 4.98 Å². The summed E-state index contributed by atoms with van der Waals surface area (Å²) in [5.74, 6) is -0.395. The Morgan fingerprint density at radius 3 is 2.52 bits per heavy atom. The molecule has 2 aromatic carbocycles. The van der Waals surface area contributed by atoms with E-state index in [-0.39, 0.29) is 21.7 Å². The average Bonchev–Trinajstić information content (AvgIpc) is 2.59. The normalized spacial score (nSPS) is 11.5. The van der Waals surface area contributed by atoms with Crippen LogP contribution in [-0.4, -0.2) is 16.9 Å². The van der Waals surface area contributed by atoms with Gasteiger partial charge in [-0.05, 0) is 56.7 Å². The number of amides is 1. The molecule has 138 valence electrons. The van der Waals surface area contributed by atoms with Gasteiger partial charge in [-0.2, -0.15) is 10.2 Å². The maximum absolute atomic E-state index is 12.8. The zero-order valence-corrected chi connectivity index (χ0v) is 16.6. The molecule has 5 nitrogen and oxygen atoms in total. The lowest BCUT2D eigenvalue weighted by molar-refractivity contribution is 0.102. The molecule has 1 heterocycles. The fraction of sp³-hybridized carbons (Fsp3) is 0.200. The number of carbonyl (C=O) groups excluding carboxylic acids is 1. The highest BCUT2D eigenvalue weighted by atomic mass is 35.5. The van der Waals surface area contributed by atoms with Crippen LogP contribution in [0, 0.1) is 6.92 Å². The monoisotopic (exact) mass is 400 g/mol. The van der Waals surface area contributed by atoms with Crippen LogP contribution in [0.1, 0.15) is 29.8 Å². The van der Waals surface area contributed by atoms with Gasteiger partial charge in [0.25, 0.3) is 5.91 Å². The lowest BCUT2D eigenvalue weighted by atomic mass is 10.1. The molecular formula is C20H18Cl2N4O. The molecule has 0 radical (unpaired) electrons. The first-order valence-corrected chi connectivity index (χ1v) is 9.18. The fourth-order valence-corrected chi connectivity index (χ4v) is 3.21. The van der Waals surface area contributed by atoms with Gasteiger partial charge in [0, 0.05) is 11.6 Å². The molecule has 0 aliphatic rings. The van der Waals surface area contributed by atoms with Crippen LogP contribution in [0.5, 0.6) is 0 Å². The Kier molecular flexibility index (Phi) is 5.73. The smallest absolute Gasteiger partial charge is 0.258 e. The van der Waals surface area contributed by atoms with Crippen LogP contribution in [0.15, 0.2) is 52.8 Å². The van der Waals surface area contributed by atoms with Crippen LogP contribution in [0.2, 0.25) is 10.0 Å². The van der Waals surface area contributed by atoms with E-state index in [1.54, 1.807) is 30.5 Å². The Morgan fingerprint density at radius 1 is 1.15 bits per heavy atom. The predicted molar refractivity (Wildman–Crippen MR) is 111 cm³/mol. The van der Waals surface area contributed by atoms with Crippen LogP contribution < -0.4 is 5.32 Å². The lowest BCUT2D eigenvalue weighted by Gasteiger charge is -2.12. The number of rotatable bonds is 4. The minimum absolute atomic E-state index is 0.0829. The van der Waals surface area contributed by atoms with Crippen LogP contribution >= 0.6 is 23.2 Å². The summed E-state index contributed by atoms with van der Waals surface area (Å²) in [5.41, 5.74) is 3.07. The number of halogens is 2. The number of fused-ring (bicyclic) bond motifs is 1. The number of azo groups is 1. The fourth-order valence-electron chi connectivity index (χ4n) is 2.65. The summed E-state index contributed by atoms with van der Waals surface area (Å²) in [6, 6.07) is 10.6. The van der Waals surface area contributed by atoms with Crippen molar-refractivity contribution in [2.75, 3.05) is 5.32 Å². The van der Waals surface area contributed by atoms with Crippen LogP contribution in [0.4, 0.5) is 11.4 Å². The molecule has 0 aliphatic heterocycles. The molecule has 7 heteroatoms. The largest absolute Gasteiger partial charge is 0.320 e. The molecule has 1 aromatic heterocycles. The maximum atomic E-state index is 12.8. The Hall–Kier alpha value is -2.50. The molecular weight excluding hydrogens is 383 g/mol. The van der Waals surface area contributed by atoms with E-state index in [0.29, 0.717) is 16.9 Å². The lowest BCUT2D eigenvalue weighted by Crippen LogP contribution is -2.13. The first-order valence-electron chi connectivity index (χ1n) is 8.42. The first-order chi connectivity index (χ1) is 12.9. The van der Waals surface area contributed by atoms with Crippen molar-refractivity contribution in [1.29, 1.82) is 0 Å². The van der Waals surface area contributed by atoms with Gasteiger partial charge in [-0.1, -0.05) is 29.3 Å². The van der Waals surface area contributed by atoms with Crippen LogP contribution in [0.25, 0.3) is 10.9 Å². The maximum Gasteiger partial charge on any atom is 0.258 e. The molecule has 0 saturated carbocycles. The number of nitrogens with zero attached hydrogens (tertiary/aromatic N) is 3. The summed E-state index contributed by atoms with van der Waals surface area (Å²) < 4.78 is 0. The number of benzene rings is 2. The van der Waals surface area contributed by atoms with Gasteiger partial charge < -0.3 is 5.32 Å². The number of hydrogen-bond donors (Lipinski definition) is 1. The van der Waals surface area contributed by atoms with Gasteiger partial charge in [0.1, 0.15) is 0 Å². The van der Waals surface area contributed by atoms with E-state index in [4.69, 9.17) is 23.2 Å². The van der Waals surface area contributed by atoms with E-state index >= 15 is 0 Å².